The average molecular weight is 475 g/mol. The van der Waals surface area contributed by atoms with Crippen LogP contribution >= 0.6 is 0 Å². The van der Waals surface area contributed by atoms with Gasteiger partial charge in [-0.25, -0.2) is 14.1 Å². The van der Waals surface area contributed by atoms with Crippen LogP contribution in [-0.2, 0) is 32.0 Å². The molecule has 4 nitrogen and oxygen atoms in total. The number of benzene rings is 1. The molecule has 0 N–H and O–H groups in total. The van der Waals surface area contributed by atoms with Crippen LogP contribution in [0.3, 0.4) is 0 Å². The maximum Gasteiger partial charge on any atom is 0.417 e. The van der Waals surface area contributed by atoms with E-state index in [1.807, 2.05) is 11.6 Å². The van der Waals surface area contributed by atoms with Gasteiger partial charge in [-0.05, 0) is 49.3 Å². The van der Waals surface area contributed by atoms with E-state index in [0.29, 0.717) is 37.7 Å². The quantitative estimate of drug-likeness (QED) is 0.385. The minimum absolute atomic E-state index is 0.0580. The van der Waals surface area contributed by atoms with Crippen LogP contribution in [0.15, 0.2) is 30.5 Å². The molecule has 0 radical (unpaired) electrons. The molecule has 3 aromatic rings. The smallest absolute Gasteiger partial charge is 0.349 e. The predicted octanol–water partition coefficient (Wildman–Crippen LogP) is 6.45. The van der Waals surface area contributed by atoms with Gasteiger partial charge in [0.2, 0.25) is 0 Å². The van der Waals surface area contributed by atoms with E-state index in [2.05, 4.69) is 44.0 Å². The van der Waals surface area contributed by atoms with Crippen molar-refractivity contribution in [2.24, 2.45) is 5.92 Å². The molecule has 0 spiro atoms. The Labute approximate surface area is 197 Å². The zero-order valence-corrected chi connectivity index (χ0v) is 20.0. The predicted molar refractivity (Wildman–Crippen MR) is 125 cm³/mol. The van der Waals surface area contributed by atoms with E-state index >= 15 is 0 Å². The Morgan fingerprint density at radius 1 is 1.15 bits per heavy atom. The van der Waals surface area contributed by atoms with E-state index in [1.54, 1.807) is 4.90 Å². The van der Waals surface area contributed by atoms with Crippen molar-refractivity contribution in [1.82, 2.24) is 14.8 Å². The van der Waals surface area contributed by atoms with E-state index in [9.17, 15) is 17.6 Å². The molecular weight excluding hydrogens is 444 g/mol. The fourth-order valence-corrected chi connectivity index (χ4v) is 4.57. The zero-order valence-electron chi connectivity index (χ0n) is 20.0. The van der Waals surface area contributed by atoms with Gasteiger partial charge in [0.15, 0.2) is 11.6 Å². The first-order valence-electron chi connectivity index (χ1n) is 11.8. The Balaban J connectivity index is 1.69. The first kappa shape index (κ1) is 24.2. The maximum absolute atomic E-state index is 14.6. The van der Waals surface area contributed by atoms with Crippen LogP contribution < -0.4 is 4.90 Å². The van der Waals surface area contributed by atoms with Crippen LogP contribution in [0.25, 0.3) is 5.69 Å². The number of hydrogen-bond donors (Lipinski definition) is 0. The molecule has 2 aromatic heterocycles. The van der Waals surface area contributed by atoms with Crippen LogP contribution in [0.2, 0.25) is 0 Å². The lowest BCUT2D eigenvalue weighted by atomic mass is 9.97. The molecule has 0 atom stereocenters. The lowest BCUT2D eigenvalue weighted by Gasteiger charge is -2.28. The molecule has 8 heteroatoms. The number of rotatable bonds is 6. The van der Waals surface area contributed by atoms with Gasteiger partial charge >= 0.3 is 6.18 Å². The van der Waals surface area contributed by atoms with Crippen molar-refractivity contribution in [3.63, 3.8) is 0 Å². The number of aryl methyl sites for hydroxylation is 2. The highest BCUT2D eigenvalue weighted by molar-refractivity contribution is 5.52. The van der Waals surface area contributed by atoms with Crippen molar-refractivity contribution in [1.29, 1.82) is 0 Å². The molecule has 0 unspecified atom stereocenters. The molecule has 0 amide bonds. The lowest BCUT2D eigenvalue weighted by Crippen LogP contribution is -2.32. The molecule has 1 aliphatic rings. The third-order valence-corrected chi connectivity index (χ3v) is 6.53. The fraction of sp³-hybridized carbons (Fsp3) is 0.462. The van der Waals surface area contributed by atoms with E-state index in [4.69, 9.17) is 5.10 Å². The largest absolute Gasteiger partial charge is 0.417 e. The summed E-state index contributed by atoms with van der Waals surface area (Å²) in [6, 6.07) is 6.90. The summed E-state index contributed by atoms with van der Waals surface area (Å²) in [6.45, 7) is 9.35. The third kappa shape index (κ3) is 4.68. The molecule has 0 saturated carbocycles. The Bertz CT molecular complexity index is 1180. The Morgan fingerprint density at radius 3 is 2.53 bits per heavy atom. The number of alkyl halides is 3. The lowest BCUT2D eigenvalue weighted by molar-refractivity contribution is -0.138. The monoisotopic (exact) mass is 474 g/mol. The summed E-state index contributed by atoms with van der Waals surface area (Å²) in [5.74, 6) is -0.433. The van der Waals surface area contributed by atoms with E-state index in [-0.39, 0.29) is 5.82 Å². The van der Waals surface area contributed by atoms with Gasteiger partial charge in [0.05, 0.1) is 16.9 Å². The topological polar surface area (TPSA) is 34.0 Å². The molecule has 34 heavy (non-hydrogen) atoms. The van der Waals surface area contributed by atoms with Crippen LogP contribution in [-0.4, -0.2) is 21.3 Å². The van der Waals surface area contributed by atoms with Gasteiger partial charge in [-0.15, -0.1) is 0 Å². The van der Waals surface area contributed by atoms with Crippen LogP contribution in [0.5, 0.6) is 0 Å². The van der Waals surface area contributed by atoms with Crippen molar-refractivity contribution >= 4 is 5.82 Å². The summed E-state index contributed by atoms with van der Waals surface area (Å²) in [4.78, 5) is 5.52. The van der Waals surface area contributed by atoms with E-state index in [0.717, 1.165) is 41.9 Å². The Morgan fingerprint density at radius 2 is 1.88 bits per heavy atom. The first-order valence-corrected chi connectivity index (χ1v) is 11.8. The van der Waals surface area contributed by atoms with E-state index < -0.39 is 17.6 Å². The second-order valence-electron chi connectivity index (χ2n) is 9.33. The maximum atomic E-state index is 14.6. The van der Waals surface area contributed by atoms with Crippen molar-refractivity contribution in [2.45, 2.75) is 66.1 Å². The standard InChI is InChI=1S/C26H30F4N4/c1-5-18-7-6-8-19(10-9-16(2)3)24(18)34-17(4)21-15-33(12-11-23(21)32-34)25-22(27)13-20(14-31-25)26(28,29)30/h6-8,13-14,16H,5,9-12,15H2,1-4H3. The highest BCUT2D eigenvalue weighted by Gasteiger charge is 2.33. The molecular formula is C26H30F4N4. The SMILES string of the molecule is CCc1cccc(CCC(C)C)c1-n1nc2c(c1C)CN(c1ncc(C(F)(F)F)cc1F)CC2. The van der Waals surface area contributed by atoms with Gasteiger partial charge < -0.3 is 4.90 Å². The van der Waals surface area contributed by atoms with Gasteiger partial charge in [-0.1, -0.05) is 39.0 Å². The second-order valence-corrected chi connectivity index (χ2v) is 9.33. The van der Waals surface area contributed by atoms with Gasteiger partial charge in [0.1, 0.15) is 0 Å². The number of para-hydroxylation sites is 1. The van der Waals surface area contributed by atoms with Gasteiger partial charge in [-0.3, -0.25) is 0 Å². The van der Waals surface area contributed by atoms with Crippen LogP contribution in [0.1, 0.15) is 60.8 Å². The summed E-state index contributed by atoms with van der Waals surface area (Å²) < 4.78 is 55.4. The van der Waals surface area contributed by atoms with Gasteiger partial charge in [-0.2, -0.15) is 18.3 Å². The summed E-state index contributed by atoms with van der Waals surface area (Å²) in [5, 5.41) is 4.94. The van der Waals surface area contributed by atoms with Crippen LogP contribution in [0.4, 0.5) is 23.4 Å². The highest BCUT2D eigenvalue weighted by atomic mass is 19.4. The molecule has 182 valence electrons. The molecule has 1 aromatic carbocycles. The second kappa shape index (κ2) is 9.39. The van der Waals surface area contributed by atoms with Crippen molar-refractivity contribution in [2.75, 3.05) is 11.4 Å². The van der Waals surface area contributed by atoms with Gasteiger partial charge in [0, 0.05) is 37.0 Å². The highest BCUT2D eigenvalue weighted by Crippen LogP contribution is 2.34. The average Bonchev–Trinajstić information content (AvgIpc) is 3.12. The van der Waals surface area contributed by atoms with E-state index in [1.165, 1.54) is 11.1 Å². The normalized spacial score (nSPS) is 14.1. The fourth-order valence-electron chi connectivity index (χ4n) is 4.57. The molecule has 3 heterocycles. The van der Waals surface area contributed by atoms with Crippen LogP contribution in [0, 0.1) is 18.7 Å². The minimum Gasteiger partial charge on any atom is -0.349 e. The Hall–Kier alpha value is -2.90. The zero-order chi connectivity index (χ0) is 24.6. The molecule has 4 rings (SSSR count). The molecule has 0 fully saturated rings. The molecule has 0 bridgehead atoms. The van der Waals surface area contributed by atoms with Crippen molar-refractivity contribution in [3.05, 3.63) is 69.9 Å². The number of aromatic nitrogens is 3. The minimum atomic E-state index is -4.63. The number of anilines is 1. The number of fused-ring (bicyclic) bond motifs is 1. The molecule has 0 aliphatic carbocycles. The Kier molecular flexibility index (Phi) is 6.69. The summed E-state index contributed by atoms with van der Waals surface area (Å²) in [5.41, 5.74) is 5.40. The number of pyridine rings is 1. The van der Waals surface area contributed by atoms with Crippen molar-refractivity contribution in [3.8, 4) is 5.69 Å². The number of hydrogen-bond acceptors (Lipinski definition) is 3. The summed E-state index contributed by atoms with van der Waals surface area (Å²) >= 11 is 0. The molecule has 1 aliphatic heterocycles. The third-order valence-electron chi connectivity index (χ3n) is 6.53. The van der Waals surface area contributed by atoms with Crippen molar-refractivity contribution < 1.29 is 17.6 Å². The number of nitrogens with zero attached hydrogens (tertiary/aromatic N) is 4. The number of halogens is 4. The molecule has 0 saturated heterocycles. The summed E-state index contributed by atoms with van der Waals surface area (Å²) in [7, 11) is 0. The first-order chi connectivity index (χ1) is 16.1. The summed E-state index contributed by atoms with van der Waals surface area (Å²) in [6.07, 6.45) is -0.450. The van der Waals surface area contributed by atoms with Gasteiger partial charge in [0.25, 0.3) is 0 Å².